The molecule has 0 amide bonds. The minimum atomic E-state index is -0.478. The van der Waals surface area contributed by atoms with Crippen molar-refractivity contribution in [3.63, 3.8) is 0 Å². The second-order valence-corrected chi connectivity index (χ2v) is 9.54. The Labute approximate surface area is 207 Å². The number of thiophene rings is 1. The van der Waals surface area contributed by atoms with Crippen molar-refractivity contribution in [2.45, 2.75) is 25.9 Å². The first-order valence-corrected chi connectivity index (χ1v) is 12.6. The largest absolute Gasteiger partial charge is 0.492 e. The number of esters is 1. The van der Waals surface area contributed by atoms with Crippen LogP contribution in [0, 0.1) is 0 Å². The van der Waals surface area contributed by atoms with Gasteiger partial charge in [-0.15, -0.1) is 11.3 Å². The van der Waals surface area contributed by atoms with Gasteiger partial charge in [0.2, 0.25) is 0 Å². The van der Waals surface area contributed by atoms with Crippen LogP contribution in [-0.4, -0.2) is 47.2 Å². The van der Waals surface area contributed by atoms with E-state index in [-0.39, 0.29) is 5.56 Å². The van der Waals surface area contributed by atoms with E-state index in [0.29, 0.717) is 56.1 Å². The Morgan fingerprint density at radius 2 is 2.03 bits per heavy atom. The molecular weight excluding hydrogens is 462 g/mol. The van der Waals surface area contributed by atoms with Gasteiger partial charge in [0.1, 0.15) is 11.3 Å². The molecule has 3 aromatic heterocycles. The van der Waals surface area contributed by atoms with Gasteiger partial charge in [-0.1, -0.05) is 24.3 Å². The predicted octanol–water partition coefficient (Wildman–Crippen LogP) is 3.92. The average Bonchev–Trinajstić information content (AvgIpc) is 3.31. The molecule has 7 nitrogen and oxygen atoms in total. The van der Waals surface area contributed by atoms with E-state index >= 15 is 0 Å². The van der Waals surface area contributed by atoms with Crippen molar-refractivity contribution in [2.24, 2.45) is 0 Å². The summed E-state index contributed by atoms with van der Waals surface area (Å²) in [4.78, 5) is 33.8. The Morgan fingerprint density at radius 1 is 1.11 bits per heavy atom. The number of benzene rings is 1. The first kappa shape index (κ1) is 23.3. The highest BCUT2D eigenvalue weighted by Gasteiger charge is 2.26. The highest BCUT2D eigenvalue weighted by molar-refractivity contribution is 7.09. The minimum absolute atomic E-state index is 0.157. The zero-order chi connectivity index (χ0) is 24.2. The lowest BCUT2D eigenvalue weighted by Gasteiger charge is -2.20. The highest BCUT2D eigenvalue weighted by atomic mass is 32.1. The number of rotatable bonds is 7. The third-order valence-corrected chi connectivity index (χ3v) is 7.33. The fourth-order valence-corrected chi connectivity index (χ4v) is 5.34. The fraction of sp³-hybridized carbons (Fsp3) is 0.296. The second-order valence-electron chi connectivity index (χ2n) is 8.50. The molecule has 0 radical (unpaired) electrons. The Morgan fingerprint density at radius 3 is 2.86 bits per heavy atom. The van der Waals surface area contributed by atoms with E-state index in [1.807, 2.05) is 35.7 Å². The van der Waals surface area contributed by atoms with Crippen LogP contribution in [0.1, 0.15) is 26.5 Å². The molecule has 4 heterocycles. The summed E-state index contributed by atoms with van der Waals surface area (Å²) in [6.45, 7) is 3.02. The van der Waals surface area contributed by atoms with Crippen molar-refractivity contribution in [1.29, 1.82) is 0 Å². The van der Waals surface area contributed by atoms with Crippen LogP contribution in [0.2, 0.25) is 0 Å². The Bertz CT molecular complexity index is 1390. The summed E-state index contributed by atoms with van der Waals surface area (Å²) in [7, 11) is 1.36. The summed E-state index contributed by atoms with van der Waals surface area (Å²) in [6, 6.07) is 15.7. The van der Waals surface area contributed by atoms with E-state index < -0.39 is 5.97 Å². The summed E-state index contributed by atoms with van der Waals surface area (Å²) >= 11 is 1.66. The van der Waals surface area contributed by atoms with Gasteiger partial charge in [0, 0.05) is 67.2 Å². The van der Waals surface area contributed by atoms with Crippen molar-refractivity contribution >= 4 is 28.2 Å². The lowest BCUT2D eigenvalue weighted by Crippen LogP contribution is -2.29. The maximum absolute atomic E-state index is 13.0. The van der Waals surface area contributed by atoms with E-state index in [9.17, 15) is 9.59 Å². The van der Waals surface area contributed by atoms with Gasteiger partial charge in [-0.25, -0.2) is 4.79 Å². The molecule has 0 N–H and O–H groups in total. The Kier molecular flexibility index (Phi) is 6.92. The van der Waals surface area contributed by atoms with Crippen LogP contribution in [0.5, 0.6) is 5.75 Å². The monoisotopic (exact) mass is 489 g/mol. The summed E-state index contributed by atoms with van der Waals surface area (Å²) in [5.74, 6) is -0.174. The van der Waals surface area contributed by atoms with Gasteiger partial charge in [-0.3, -0.25) is 14.7 Å². The third kappa shape index (κ3) is 4.99. The normalized spacial score (nSPS) is 13.9. The topological polar surface area (TPSA) is 73.7 Å². The first-order valence-electron chi connectivity index (χ1n) is 11.7. The van der Waals surface area contributed by atoms with E-state index in [4.69, 9.17) is 9.47 Å². The molecule has 0 aliphatic carbocycles. The van der Waals surface area contributed by atoms with Gasteiger partial charge in [0.15, 0.2) is 0 Å². The van der Waals surface area contributed by atoms with Crippen LogP contribution < -0.4 is 10.3 Å². The molecule has 0 atom stereocenters. The third-order valence-electron chi connectivity index (χ3n) is 6.39. The number of aromatic nitrogens is 2. The highest BCUT2D eigenvalue weighted by Crippen LogP contribution is 2.25. The molecule has 0 bridgehead atoms. The quantitative estimate of drug-likeness (QED) is 0.367. The van der Waals surface area contributed by atoms with Gasteiger partial charge in [-0.2, -0.15) is 0 Å². The van der Waals surface area contributed by atoms with Crippen molar-refractivity contribution in [3.8, 4) is 5.75 Å². The molecule has 1 aromatic carbocycles. The fourth-order valence-electron chi connectivity index (χ4n) is 4.65. The van der Waals surface area contributed by atoms with Crippen LogP contribution in [0.25, 0.3) is 10.9 Å². The standard InChI is InChI=1S/C27H27N3O4S/c1-33-27(32)26-23-9-12-29(18-19-5-2-8-22-21(19)7-3-11-28-22)13-14-30(23)25(31)17-24(26)34-15-10-20-6-4-16-35-20/h2-8,11,16-17H,9-10,12-15,18H2,1H3. The van der Waals surface area contributed by atoms with Crippen LogP contribution in [-0.2, 0) is 30.7 Å². The zero-order valence-electron chi connectivity index (χ0n) is 19.6. The number of methoxy groups -OCH3 is 1. The second kappa shape index (κ2) is 10.4. The summed E-state index contributed by atoms with van der Waals surface area (Å²) in [6.07, 6.45) is 3.06. The molecule has 1 aliphatic rings. The molecule has 4 aromatic rings. The Hall–Kier alpha value is -3.49. The number of ether oxygens (including phenoxy) is 2. The number of carbonyl (C=O) groups is 1. The number of hydrogen-bond donors (Lipinski definition) is 0. The van der Waals surface area contributed by atoms with E-state index in [2.05, 4.69) is 22.0 Å². The maximum Gasteiger partial charge on any atom is 0.343 e. The molecule has 35 heavy (non-hydrogen) atoms. The lowest BCUT2D eigenvalue weighted by molar-refractivity contribution is 0.0593. The van der Waals surface area contributed by atoms with Crippen LogP contribution in [0.4, 0.5) is 0 Å². The molecule has 180 valence electrons. The molecule has 8 heteroatoms. The number of nitrogens with zero attached hydrogens (tertiary/aromatic N) is 3. The van der Waals surface area contributed by atoms with Gasteiger partial charge in [0.25, 0.3) is 5.56 Å². The van der Waals surface area contributed by atoms with E-state index in [1.165, 1.54) is 23.6 Å². The molecule has 1 aliphatic heterocycles. The summed E-state index contributed by atoms with van der Waals surface area (Å²) in [5, 5.41) is 3.15. The summed E-state index contributed by atoms with van der Waals surface area (Å²) in [5.41, 5.74) is 3.04. The van der Waals surface area contributed by atoms with Gasteiger partial charge in [0.05, 0.1) is 19.2 Å². The Balaban J connectivity index is 1.39. The lowest BCUT2D eigenvalue weighted by atomic mass is 10.1. The van der Waals surface area contributed by atoms with E-state index in [0.717, 1.165) is 17.4 Å². The van der Waals surface area contributed by atoms with Crippen LogP contribution in [0.3, 0.4) is 0 Å². The number of pyridine rings is 2. The maximum atomic E-state index is 13.0. The van der Waals surface area contributed by atoms with Gasteiger partial charge >= 0.3 is 5.97 Å². The molecule has 0 spiro atoms. The predicted molar refractivity (Wildman–Crippen MR) is 136 cm³/mol. The number of carbonyl (C=O) groups excluding carboxylic acids is 1. The van der Waals surface area contributed by atoms with Gasteiger partial charge in [-0.05, 0) is 29.1 Å². The smallest absolute Gasteiger partial charge is 0.343 e. The molecule has 0 saturated carbocycles. The van der Waals surface area contributed by atoms with Crippen LogP contribution >= 0.6 is 11.3 Å². The SMILES string of the molecule is COC(=O)c1c(OCCc2cccs2)cc(=O)n2c1CCN(Cc1cccc3ncccc13)CC2. The summed E-state index contributed by atoms with van der Waals surface area (Å²) < 4.78 is 12.8. The van der Waals surface area contributed by atoms with Crippen molar-refractivity contribution < 1.29 is 14.3 Å². The van der Waals surface area contributed by atoms with Crippen molar-refractivity contribution in [3.05, 3.63) is 92.2 Å². The van der Waals surface area contributed by atoms with Crippen LogP contribution in [0.15, 0.2) is 64.9 Å². The van der Waals surface area contributed by atoms with Gasteiger partial charge < -0.3 is 14.0 Å². The minimum Gasteiger partial charge on any atom is -0.492 e. The number of fused-ring (bicyclic) bond motifs is 2. The average molecular weight is 490 g/mol. The molecule has 5 rings (SSSR count). The first-order chi connectivity index (χ1) is 17.1. The van der Waals surface area contributed by atoms with Crippen molar-refractivity contribution in [2.75, 3.05) is 26.8 Å². The van der Waals surface area contributed by atoms with E-state index in [1.54, 1.807) is 22.1 Å². The molecule has 0 unspecified atom stereocenters. The number of hydrogen-bond acceptors (Lipinski definition) is 7. The molecular formula is C27H27N3O4S. The molecule has 0 saturated heterocycles. The zero-order valence-corrected chi connectivity index (χ0v) is 20.4. The van der Waals surface area contributed by atoms with Crippen molar-refractivity contribution in [1.82, 2.24) is 14.5 Å². The molecule has 0 fully saturated rings.